The van der Waals surface area contributed by atoms with Crippen molar-refractivity contribution in [3.05, 3.63) is 29.3 Å². The van der Waals surface area contributed by atoms with Crippen LogP contribution in [-0.2, 0) is 12.8 Å². The Balaban J connectivity index is 2.83. The van der Waals surface area contributed by atoms with E-state index >= 15 is 0 Å². The van der Waals surface area contributed by atoms with Gasteiger partial charge in [0.1, 0.15) is 5.75 Å². The first kappa shape index (κ1) is 10.1. The lowest BCUT2D eigenvalue weighted by atomic mass is 10.0. The lowest BCUT2D eigenvalue weighted by molar-refractivity contribution is 0.299. The third kappa shape index (κ3) is 2.74. The van der Waals surface area contributed by atoms with Crippen molar-refractivity contribution in [3.63, 3.8) is 0 Å². The Morgan fingerprint density at radius 2 is 2.00 bits per heavy atom. The van der Waals surface area contributed by atoms with E-state index in [1.54, 1.807) is 6.07 Å². The zero-order chi connectivity index (χ0) is 9.68. The minimum absolute atomic E-state index is 0.163. The van der Waals surface area contributed by atoms with Crippen molar-refractivity contribution in [2.75, 3.05) is 6.61 Å². The average molecular weight is 180 g/mol. The number of phenolic OH excluding ortho intramolecular Hbond substituents is 1. The fourth-order valence-electron chi connectivity index (χ4n) is 1.39. The number of benzene rings is 1. The van der Waals surface area contributed by atoms with Gasteiger partial charge < -0.3 is 10.2 Å². The molecule has 1 aromatic carbocycles. The van der Waals surface area contributed by atoms with Crippen LogP contribution in [0.1, 0.15) is 24.5 Å². The van der Waals surface area contributed by atoms with Crippen molar-refractivity contribution >= 4 is 0 Å². The molecule has 0 fully saturated rings. The molecule has 0 spiro atoms. The number of aromatic hydroxyl groups is 1. The van der Waals surface area contributed by atoms with Gasteiger partial charge in [0.15, 0.2) is 0 Å². The molecule has 0 amide bonds. The van der Waals surface area contributed by atoms with Crippen LogP contribution in [0.3, 0.4) is 0 Å². The van der Waals surface area contributed by atoms with Gasteiger partial charge in [0, 0.05) is 6.61 Å². The van der Waals surface area contributed by atoms with Gasteiger partial charge in [-0.05, 0) is 30.0 Å². The minimum atomic E-state index is 0.163. The second-order valence-electron chi connectivity index (χ2n) is 3.19. The highest BCUT2D eigenvalue weighted by atomic mass is 16.3. The summed E-state index contributed by atoms with van der Waals surface area (Å²) in [5.74, 6) is 0.364. The summed E-state index contributed by atoms with van der Waals surface area (Å²) in [6.45, 7) is 2.24. The van der Waals surface area contributed by atoms with E-state index in [1.807, 2.05) is 12.1 Å². The molecule has 72 valence electrons. The average Bonchev–Trinajstić information content (AvgIpc) is 2.12. The van der Waals surface area contributed by atoms with Gasteiger partial charge >= 0.3 is 0 Å². The molecular formula is C11H16O2. The Kier molecular flexibility index (Phi) is 3.77. The largest absolute Gasteiger partial charge is 0.508 e. The summed E-state index contributed by atoms with van der Waals surface area (Å²) in [6, 6.07) is 5.52. The number of aryl methyl sites for hydroxylation is 1. The van der Waals surface area contributed by atoms with Gasteiger partial charge in [-0.3, -0.25) is 0 Å². The molecule has 0 saturated carbocycles. The summed E-state index contributed by atoms with van der Waals surface area (Å²) in [4.78, 5) is 0. The van der Waals surface area contributed by atoms with Crippen LogP contribution in [0, 0.1) is 0 Å². The van der Waals surface area contributed by atoms with Crippen molar-refractivity contribution in [1.82, 2.24) is 0 Å². The molecule has 0 radical (unpaired) electrons. The Morgan fingerprint density at radius 3 is 2.62 bits per heavy atom. The summed E-state index contributed by atoms with van der Waals surface area (Å²) in [7, 11) is 0. The molecule has 0 unspecified atom stereocenters. The van der Waals surface area contributed by atoms with Crippen LogP contribution in [0.5, 0.6) is 5.75 Å². The highest BCUT2D eigenvalue weighted by molar-refractivity contribution is 5.36. The van der Waals surface area contributed by atoms with Crippen LogP contribution >= 0.6 is 0 Å². The van der Waals surface area contributed by atoms with E-state index in [4.69, 9.17) is 5.11 Å². The number of aliphatic hydroxyl groups excluding tert-OH is 1. The highest BCUT2D eigenvalue weighted by Gasteiger charge is 2.01. The van der Waals surface area contributed by atoms with E-state index in [0.717, 1.165) is 24.0 Å². The molecule has 0 heterocycles. The molecule has 13 heavy (non-hydrogen) atoms. The van der Waals surface area contributed by atoms with E-state index in [-0.39, 0.29) is 6.61 Å². The van der Waals surface area contributed by atoms with Crippen LogP contribution in [0.25, 0.3) is 0 Å². The molecular weight excluding hydrogens is 164 g/mol. The fourth-order valence-corrected chi connectivity index (χ4v) is 1.39. The first-order valence-electron chi connectivity index (χ1n) is 4.69. The molecule has 1 rings (SSSR count). The normalized spacial score (nSPS) is 10.3. The quantitative estimate of drug-likeness (QED) is 0.742. The fraction of sp³-hybridized carbons (Fsp3) is 0.455. The predicted molar refractivity (Wildman–Crippen MR) is 52.9 cm³/mol. The molecule has 0 saturated heterocycles. The van der Waals surface area contributed by atoms with Gasteiger partial charge in [0.05, 0.1) is 0 Å². The van der Waals surface area contributed by atoms with E-state index in [2.05, 4.69) is 6.92 Å². The van der Waals surface area contributed by atoms with Gasteiger partial charge in [0.2, 0.25) is 0 Å². The van der Waals surface area contributed by atoms with Crippen LogP contribution < -0.4 is 0 Å². The van der Waals surface area contributed by atoms with Gasteiger partial charge in [-0.25, -0.2) is 0 Å². The standard InChI is InChI=1S/C11H16O2/c1-2-3-10-8-9(6-7-12)4-5-11(10)13/h4-5,8,12-13H,2-3,6-7H2,1H3. The molecule has 0 aliphatic rings. The summed E-state index contributed by atoms with van der Waals surface area (Å²) < 4.78 is 0. The third-order valence-corrected chi connectivity index (χ3v) is 2.06. The Hall–Kier alpha value is -1.02. The molecule has 0 aromatic heterocycles. The molecule has 0 aliphatic carbocycles. The molecule has 2 nitrogen and oxygen atoms in total. The van der Waals surface area contributed by atoms with E-state index in [0.29, 0.717) is 12.2 Å². The molecule has 2 heteroatoms. The van der Waals surface area contributed by atoms with Crippen molar-refractivity contribution < 1.29 is 10.2 Å². The van der Waals surface area contributed by atoms with Gasteiger partial charge in [-0.15, -0.1) is 0 Å². The van der Waals surface area contributed by atoms with E-state index in [1.165, 1.54) is 0 Å². The van der Waals surface area contributed by atoms with Crippen molar-refractivity contribution in [3.8, 4) is 5.75 Å². The summed E-state index contributed by atoms with van der Waals surface area (Å²) >= 11 is 0. The number of rotatable bonds is 4. The monoisotopic (exact) mass is 180 g/mol. The van der Waals surface area contributed by atoms with E-state index < -0.39 is 0 Å². The highest BCUT2D eigenvalue weighted by Crippen LogP contribution is 2.20. The van der Waals surface area contributed by atoms with Crippen LogP contribution in [0.4, 0.5) is 0 Å². The van der Waals surface area contributed by atoms with Crippen molar-refractivity contribution in [1.29, 1.82) is 0 Å². The van der Waals surface area contributed by atoms with Crippen molar-refractivity contribution in [2.45, 2.75) is 26.2 Å². The SMILES string of the molecule is CCCc1cc(CCO)ccc1O. The molecule has 1 aromatic rings. The lowest BCUT2D eigenvalue weighted by Crippen LogP contribution is -1.93. The van der Waals surface area contributed by atoms with Gasteiger partial charge in [0.25, 0.3) is 0 Å². The van der Waals surface area contributed by atoms with Crippen LogP contribution in [0.15, 0.2) is 18.2 Å². The Morgan fingerprint density at radius 1 is 1.23 bits per heavy atom. The van der Waals surface area contributed by atoms with Gasteiger partial charge in [-0.1, -0.05) is 25.5 Å². The zero-order valence-electron chi connectivity index (χ0n) is 7.95. The number of hydrogen-bond acceptors (Lipinski definition) is 2. The maximum atomic E-state index is 9.47. The Labute approximate surface area is 78.8 Å². The number of aliphatic hydroxyl groups is 1. The third-order valence-electron chi connectivity index (χ3n) is 2.06. The first-order chi connectivity index (χ1) is 6.27. The molecule has 0 bridgehead atoms. The topological polar surface area (TPSA) is 40.5 Å². The van der Waals surface area contributed by atoms with Gasteiger partial charge in [-0.2, -0.15) is 0 Å². The van der Waals surface area contributed by atoms with Crippen LogP contribution in [0.2, 0.25) is 0 Å². The van der Waals surface area contributed by atoms with Crippen LogP contribution in [-0.4, -0.2) is 16.8 Å². The molecule has 0 aliphatic heterocycles. The summed E-state index contributed by atoms with van der Waals surface area (Å²) in [5.41, 5.74) is 2.07. The van der Waals surface area contributed by atoms with E-state index in [9.17, 15) is 5.11 Å². The predicted octanol–water partition coefficient (Wildman–Crippen LogP) is 1.88. The second kappa shape index (κ2) is 4.87. The lowest BCUT2D eigenvalue weighted by Gasteiger charge is -2.05. The second-order valence-corrected chi connectivity index (χ2v) is 3.19. The Bertz CT molecular complexity index is 269. The van der Waals surface area contributed by atoms with Crippen molar-refractivity contribution in [2.24, 2.45) is 0 Å². The first-order valence-corrected chi connectivity index (χ1v) is 4.69. The smallest absolute Gasteiger partial charge is 0.118 e. The maximum Gasteiger partial charge on any atom is 0.118 e. The number of hydrogen-bond donors (Lipinski definition) is 2. The molecule has 0 atom stereocenters. The molecule has 2 N–H and O–H groups in total. The summed E-state index contributed by atoms with van der Waals surface area (Å²) in [6.07, 6.45) is 2.58. The minimum Gasteiger partial charge on any atom is -0.508 e. The number of phenols is 1. The zero-order valence-corrected chi connectivity index (χ0v) is 7.95. The summed E-state index contributed by atoms with van der Waals surface area (Å²) in [5, 5.41) is 18.2. The maximum absolute atomic E-state index is 9.47.